The van der Waals surface area contributed by atoms with Crippen LogP contribution in [0.2, 0.25) is 0 Å². The summed E-state index contributed by atoms with van der Waals surface area (Å²) in [5.74, 6) is -0.578. The minimum absolute atomic E-state index is 0.442. The second-order valence-electron chi connectivity index (χ2n) is 8.09. The molecule has 0 aromatic heterocycles. The van der Waals surface area contributed by atoms with Crippen LogP contribution in [0.15, 0.2) is 12.2 Å². The summed E-state index contributed by atoms with van der Waals surface area (Å²) in [6.07, 6.45) is 3.21. The van der Waals surface area contributed by atoms with Crippen LogP contribution < -0.4 is 0 Å². The number of carbonyl (C=O) groups is 1. The van der Waals surface area contributed by atoms with Crippen molar-refractivity contribution in [1.82, 2.24) is 0 Å². The average Bonchev–Trinajstić information content (AvgIpc) is 2.38. The molecule has 0 radical (unpaired) electrons. The van der Waals surface area contributed by atoms with Crippen molar-refractivity contribution in [3.8, 4) is 0 Å². The van der Waals surface area contributed by atoms with Gasteiger partial charge in [0.1, 0.15) is 5.60 Å². The van der Waals surface area contributed by atoms with Crippen molar-refractivity contribution in [2.45, 2.75) is 84.7 Å². The van der Waals surface area contributed by atoms with Gasteiger partial charge in [0.05, 0.1) is 18.3 Å². The quantitative estimate of drug-likeness (QED) is 0.306. The minimum Gasteiger partial charge on any atom is -0.467 e. The van der Waals surface area contributed by atoms with Crippen LogP contribution in [0, 0.1) is 0 Å². The number of ether oxygens (including phenoxy) is 1. The normalized spacial score (nSPS) is 16.4. The molecule has 0 N–H and O–H groups in total. The monoisotopic (exact) mass is 332 g/mol. The standard InChI is InChI=1S/C17H32O6/c1-14(2,3)20-22-16(7,8)11-12-17(9,13(18)19-10)23-21-15(4,5)6/h11-12H,1-10H3/b12-11+. The van der Waals surface area contributed by atoms with Crippen LogP contribution in [0.4, 0.5) is 0 Å². The number of rotatable bonds is 7. The lowest BCUT2D eigenvalue weighted by Crippen LogP contribution is -2.41. The molecule has 0 fully saturated rings. The molecule has 0 spiro atoms. The lowest BCUT2D eigenvalue weighted by molar-refractivity contribution is -0.389. The Balaban J connectivity index is 5.10. The van der Waals surface area contributed by atoms with E-state index in [1.165, 1.54) is 13.2 Å². The lowest BCUT2D eigenvalue weighted by atomic mass is 10.0. The van der Waals surface area contributed by atoms with E-state index in [-0.39, 0.29) is 0 Å². The molecule has 0 heterocycles. The zero-order valence-electron chi connectivity index (χ0n) is 16.1. The van der Waals surface area contributed by atoms with Gasteiger partial charge in [-0.3, -0.25) is 0 Å². The van der Waals surface area contributed by atoms with Crippen LogP contribution in [0.3, 0.4) is 0 Å². The average molecular weight is 332 g/mol. The van der Waals surface area contributed by atoms with Gasteiger partial charge in [0, 0.05) is 0 Å². The molecule has 0 aliphatic heterocycles. The van der Waals surface area contributed by atoms with E-state index in [0.29, 0.717) is 0 Å². The summed E-state index contributed by atoms with van der Waals surface area (Å²) < 4.78 is 4.79. The Morgan fingerprint density at radius 2 is 1.13 bits per heavy atom. The fourth-order valence-electron chi connectivity index (χ4n) is 1.16. The van der Waals surface area contributed by atoms with Crippen molar-refractivity contribution in [2.24, 2.45) is 0 Å². The highest BCUT2D eigenvalue weighted by atomic mass is 17.2. The van der Waals surface area contributed by atoms with Gasteiger partial charge in [-0.1, -0.05) is 6.08 Å². The van der Waals surface area contributed by atoms with Crippen molar-refractivity contribution in [1.29, 1.82) is 0 Å². The number of hydrogen-bond acceptors (Lipinski definition) is 6. The Kier molecular flexibility index (Phi) is 7.43. The van der Waals surface area contributed by atoms with Gasteiger partial charge in [-0.05, 0) is 68.4 Å². The van der Waals surface area contributed by atoms with Gasteiger partial charge in [0.2, 0.25) is 5.60 Å². The van der Waals surface area contributed by atoms with Gasteiger partial charge < -0.3 is 4.74 Å². The molecule has 0 aliphatic rings. The second-order valence-corrected chi connectivity index (χ2v) is 8.09. The Bertz CT molecular complexity index is 414. The Hall–Kier alpha value is -0.950. The topological polar surface area (TPSA) is 63.2 Å². The fourth-order valence-corrected chi connectivity index (χ4v) is 1.16. The largest absolute Gasteiger partial charge is 0.467 e. The predicted molar refractivity (Wildman–Crippen MR) is 87.5 cm³/mol. The molecule has 1 unspecified atom stereocenters. The van der Waals surface area contributed by atoms with Gasteiger partial charge in [-0.25, -0.2) is 24.3 Å². The number of methoxy groups -OCH3 is 1. The van der Waals surface area contributed by atoms with Gasteiger partial charge in [0.25, 0.3) is 0 Å². The smallest absolute Gasteiger partial charge is 0.345 e. The van der Waals surface area contributed by atoms with E-state index in [0.717, 1.165) is 0 Å². The van der Waals surface area contributed by atoms with E-state index >= 15 is 0 Å². The first-order valence-corrected chi connectivity index (χ1v) is 7.63. The highest BCUT2D eigenvalue weighted by molar-refractivity contribution is 5.81. The lowest BCUT2D eigenvalue weighted by Gasteiger charge is -2.29. The van der Waals surface area contributed by atoms with E-state index in [2.05, 4.69) is 0 Å². The number of esters is 1. The molecule has 1 atom stereocenters. The molecule has 23 heavy (non-hydrogen) atoms. The SMILES string of the molecule is COC(=O)C(C)(/C=C/C(C)(C)OOC(C)(C)C)OOC(C)(C)C. The van der Waals surface area contributed by atoms with Gasteiger partial charge in [0.15, 0.2) is 0 Å². The van der Waals surface area contributed by atoms with E-state index in [1.807, 2.05) is 41.5 Å². The molecule has 136 valence electrons. The van der Waals surface area contributed by atoms with Crippen molar-refractivity contribution in [3.05, 3.63) is 12.2 Å². The predicted octanol–water partition coefficient (Wildman–Crippen LogP) is 3.75. The van der Waals surface area contributed by atoms with E-state index in [4.69, 9.17) is 24.3 Å². The first kappa shape index (κ1) is 22.1. The molecule has 0 saturated carbocycles. The first-order chi connectivity index (χ1) is 10.1. The van der Waals surface area contributed by atoms with E-state index in [9.17, 15) is 4.79 Å². The molecule has 0 saturated heterocycles. The molecule has 0 aromatic rings. The molecule has 0 bridgehead atoms. The third kappa shape index (κ3) is 9.71. The Morgan fingerprint density at radius 1 is 0.696 bits per heavy atom. The number of carbonyl (C=O) groups excluding carboxylic acids is 1. The maximum atomic E-state index is 12.0. The van der Waals surface area contributed by atoms with Gasteiger partial charge in [-0.2, -0.15) is 0 Å². The summed E-state index contributed by atoms with van der Waals surface area (Å²) in [7, 11) is 1.29. The Labute approximate surface area is 139 Å². The van der Waals surface area contributed by atoms with Crippen LogP contribution in [-0.2, 0) is 29.1 Å². The molecule has 0 amide bonds. The molecule has 0 aromatic carbocycles. The first-order valence-electron chi connectivity index (χ1n) is 7.63. The highest BCUT2D eigenvalue weighted by Crippen LogP contribution is 2.23. The summed E-state index contributed by atoms with van der Waals surface area (Å²) in [4.78, 5) is 33.4. The molecular weight excluding hydrogens is 300 g/mol. The minimum atomic E-state index is -1.40. The molecule has 6 heteroatoms. The zero-order valence-corrected chi connectivity index (χ0v) is 16.1. The van der Waals surface area contributed by atoms with Crippen LogP contribution in [0.1, 0.15) is 62.3 Å². The summed E-state index contributed by atoms with van der Waals surface area (Å²) in [5, 5.41) is 0. The molecule has 0 aliphatic carbocycles. The second kappa shape index (κ2) is 7.75. The van der Waals surface area contributed by atoms with Crippen molar-refractivity contribution in [2.75, 3.05) is 7.11 Å². The Morgan fingerprint density at radius 3 is 1.52 bits per heavy atom. The van der Waals surface area contributed by atoms with Crippen LogP contribution >= 0.6 is 0 Å². The fraction of sp³-hybridized carbons (Fsp3) is 0.824. The third-order valence-electron chi connectivity index (χ3n) is 2.36. The summed E-state index contributed by atoms with van der Waals surface area (Å²) in [6, 6.07) is 0. The van der Waals surface area contributed by atoms with Gasteiger partial charge in [-0.15, -0.1) is 0 Å². The summed E-state index contributed by atoms with van der Waals surface area (Å²) in [5.41, 5.74) is -3.18. The van der Waals surface area contributed by atoms with Gasteiger partial charge >= 0.3 is 5.97 Å². The van der Waals surface area contributed by atoms with Crippen LogP contribution in [0.5, 0.6) is 0 Å². The van der Waals surface area contributed by atoms with Crippen LogP contribution in [-0.4, -0.2) is 35.5 Å². The third-order valence-corrected chi connectivity index (χ3v) is 2.36. The molecule has 6 nitrogen and oxygen atoms in total. The zero-order chi connectivity index (χ0) is 18.5. The maximum Gasteiger partial charge on any atom is 0.345 e. The van der Waals surface area contributed by atoms with Crippen molar-refractivity contribution >= 4 is 5.97 Å². The molecule has 0 rings (SSSR count). The van der Waals surface area contributed by atoms with Crippen LogP contribution in [0.25, 0.3) is 0 Å². The van der Waals surface area contributed by atoms with Crippen molar-refractivity contribution in [3.63, 3.8) is 0 Å². The van der Waals surface area contributed by atoms with E-state index < -0.39 is 28.4 Å². The van der Waals surface area contributed by atoms with Crippen molar-refractivity contribution < 1.29 is 29.1 Å². The summed E-state index contributed by atoms with van der Waals surface area (Å²) in [6.45, 7) is 16.3. The molecular formula is C17H32O6. The number of hydrogen-bond donors (Lipinski definition) is 0. The van der Waals surface area contributed by atoms with E-state index in [1.54, 1.807) is 26.8 Å². The highest BCUT2D eigenvalue weighted by Gasteiger charge is 2.37. The maximum absolute atomic E-state index is 12.0. The summed E-state index contributed by atoms with van der Waals surface area (Å²) >= 11 is 0.